The van der Waals surface area contributed by atoms with Crippen molar-refractivity contribution in [2.45, 2.75) is 25.5 Å². The number of ether oxygens (including phenoxy) is 1. The molecule has 0 aliphatic heterocycles. The van der Waals surface area contributed by atoms with Gasteiger partial charge in [0.15, 0.2) is 0 Å². The molecule has 0 atom stereocenters. The molecule has 0 spiro atoms. The highest BCUT2D eigenvalue weighted by Crippen LogP contribution is 2.40. The van der Waals surface area contributed by atoms with Gasteiger partial charge in [0.1, 0.15) is 11.5 Å². The first-order valence-electron chi connectivity index (χ1n) is 5.02. The van der Waals surface area contributed by atoms with Gasteiger partial charge in [-0.2, -0.15) is 0 Å². The van der Waals surface area contributed by atoms with Crippen molar-refractivity contribution in [3.8, 4) is 0 Å². The summed E-state index contributed by atoms with van der Waals surface area (Å²) in [6, 6.07) is 4.60. The Morgan fingerprint density at radius 2 is 2.27 bits per heavy atom. The van der Waals surface area contributed by atoms with Gasteiger partial charge in [0.2, 0.25) is 0 Å². The Balaban J connectivity index is 2.08. The maximum atomic E-state index is 12.9. The first kappa shape index (κ1) is 10.7. The molecular formula is C11H13ClFNO. The van der Waals surface area contributed by atoms with Crippen molar-refractivity contribution in [3.05, 3.63) is 29.0 Å². The first-order valence-corrected chi connectivity index (χ1v) is 5.40. The van der Waals surface area contributed by atoms with Crippen LogP contribution in [0.3, 0.4) is 0 Å². The number of hydrogen-bond donors (Lipinski definition) is 1. The summed E-state index contributed by atoms with van der Waals surface area (Å²) < 4.78 is 18.5. The summed E-state index contributed by atoms with van der Waals surface area (Å²) in [5.74, 6) is -0.400. The van der Waals surface area contributed by atoms with Gasteiger partial charge in [0.25, 0.3) is 0 Å². The Labute approximate surface area is 93.4 Å². The molecule has 1 aromatic rings. The van der Waals surface area contributed by atoms with Crippen molar-refractivity contribution in [2.24, 2.45) is 0 Å². The zero-order valence-electron chi connectivity index (χ0n) is 8.52. The van der Waals surface area contributed by atoms with Gasteiger partial charge in [0.05, 0.1) is 5.02 Å². The van der Waals surface area contributed by atoms with E-state index in [-0.39, 0.29) is 10.7 Å². The molecule has 0 bridgehead atoms. The average molecular weight is 230 g/mol. The third-order valence-electron chi connectivity index (χ3n) is 2.42. The molecular weight excluding hydrogens is 217 g/mol. The lowest BCUT2D eigenvalue weighted by atomic mass is 10.3. The third kappa shape index (κ3) is 2.41. The van der Waals surface area contributed by atoms with Crippen molar-refractivity contribution in [2.75, 3.05) is 11.9 Å². The van der Waals surface area contributed by atoms with Crippen LogP contribution in [0.4, 0.5) is 10.1 Å². The van der Waals surface area contributed by atoms with Crippen LogP contribution in [0.1, 0.15) is 19.8 Å². The van der Waals surface area contributed by atoms with E-state index in [1.54, 1.807) is 12.1 Å². The Bertz CT molecular complexity index is 366. The van der Waals surface area contributed by atoms with E-state index in [2.05, 4.69) is 5.32 Å². The minimum atomic E-state index is -0.400. The largest absolute Gasteiger partial charge is 0.358 e. The highest BCUT2D eigenvalue weighted by molar-refractivity contribution is 6.31. The van der Waals surface area contributed by atoms with E-state index in [0.29, 0.717) is 6.61 Å². The lowest BCUT2D eigenvalue weighted by molar-refractivity contribution is 0.0632. The molecule has 1 aliphatic carbocycles. The van der Waals surface area contributed by atoms with Crippen LogP contribution >= 0.6 is 11.6 Å². The molecule has 15 heavy (non-hydrogen) atoms. The summed E-state index contributed by atoms with van der Waals surface area (Å²) in [6.45, 7) is 2.63. The fourth-order valence-corrected chi connectivity index (χ4v) is 1.71. The van der Waals surface area contributed by atoms with E-state index in [9.17, 15) is 4.39 Å². The lowest BCUT2D eigenvalue weighted by Crippen LogP contribution is -2.24. The molecule has 4 heteroatoms. The SMILES string of the molecule is CCOC1(Nc2ccc(F)c(Cl)c2)CC1. The first-order chi connectivity index (χ1) is 7.15. The number of rotatable bonds is 4. The summed E-state index contributed by atoms with van der Waals surface area (Å²) in [5, 5.41) is 3.36. The van der Waals surface area contributed by atoms with Gasteiger partial charge in [-0.25, -0.2) is 4.39 Å². The molecule has 1 saturated carbocycles. The zero-order chi connectivity index (χ0) is 10.9. The van der Waals surface area contributed by atoms with Crippen LogP contribution in [0.25, 0.3) is 0 Å². The molecule has 2 nitrogen and oxygen atoms in total. The van der Waals surface area contributed by atoms with Gasteiger partial charge in [-0.05, 0) is 38.0 Å². The van der Waals surface area contributed by atoms with Crippen LogP contribution in [0.5, 0.6) is 0 Å². The third-order valence-corrected chi connectivity index (χ3v) is 2.71. The fourth-order valence-electron chi connectivity index (χ4n) is 1.53. The van der Waals surface area contributed by atoms with Crippen LogP contribution in [0, 0.1) is 5.82 Å². The second-order valence-electron chi connectivity index (χ2n) is 3.68. The molecule has 1 aliphatic rings. The second-order valence-corrected chi connectivity index (χ2v) is 4.09. The molecule has 0 unspecified atom stereocenters. The number of hydrogen-bond acceptors (Lipinski definition) is 2. The van der Waals surface area contributed by atoms with E-state index in [4.69, 9.17) is 16.3 Å². The van der Waals surface area contributed by atoms with Crippen LogP contribution in [0.2, 0.25) is 5.02 Å². The second kappa shape index (κ2) is 3.99. The van der Waals surface area contributed by atoms with Crippen molar-refractivity contribution >= 4 is 17.3 Å². The lowest BCUT2D eigenvalue weighted by Gasteiger charge is -2.18. The molecule has 2 rings (SSSR count). The minimum absolute atomic E-state index is 0.132. The molecule has 1 fully saturated rings. The summed E-state index contributed by atoms with van der Waals surface area (Å²) in [6.07, 6.45) is 1.96. The van der Waals surface area contributed by atoms with Crippen LogP contribution in [0.15, 0.2) is 18.2 Å². The highest BCUT2D eigenvalue weighted by Gasteiger charge is 2.43. The van der Waals surface area contributed by atoms with Gasteiger partial charge in [0, 0.05) is 12.3 Å². The Morgan fingerprint density at radius 3 is 2.80 bits per heavy atom. The monoisotopic (exact) mass is 229 g/mol. The molecule has 82 valence electrons. The summed E-state index contributed by atoms with van der Waals surface area (Å²) in [5.41, 5.74) is 0.558. The molecule has 0 aromatic heterocycles. The van der Waals surface area contributed by atoms with Gasteiger partial charge >= 0.3 is 0 Å². The smallest absolute Gasteiger partial charge is 0.141 e. The maximum absolute atomic E-state index is 12.9. The minimum Gasteiger partial charge on any atom is -0.358 e. The summed E-state index contributed by atoms with van der Waals surface area (Å²) in [4.78, 5) is 0. The molecule has 0 amide bonds. The van der Waals surface area contributed by atoms with E-state index < -0.39 is 5.82 Å². The Kier molecular flexibility index (Phi) is 2.85. The number of nitrogens with one attached hydrogen (secondary N) is 1. The fraction of sp³-hybridized carbons (Fsp3) is 0.455. The number of benzene rings is 1. The quantitative estimate of drug-likeness (QED) is 0.799. The van der Waals surface area contributed by atoms with E-state index in [0.717, 1.165) is 18.5 Å². The standard InChI is InChI=1S/C11H13ClFNO/c1-2-15-11(5-6-11)14-8-3-4-10(13)9(12)7-8/h3-4,7,14H,2,5-6H2,1H3. The normalized spacial score (nSPS) is 17.5. The van der Waals surface area contributed by atoms with Crippen molar-refractivity contribution < 1.29 is 9.13 Å². The molecule has 0 radical (unpaired) electrons. The zero-order valence-corrected chi connectivity index (χ0v) is 9.27. The summed E-state index contributed by atoms with van der Waals surface area (Å²) >= 11 is 5.68. The molecule has 0 heterocycles. The predicted molar refractivity (Wildman–Crippen MR) is 58.6 cm³/mol. The Morgan fingerprint density at radius 1 is 1.53 bits per heavy atom. The van der Waals surface area contributed by atoms with Crippen LogP contribution in [-0.2, 0) is 4.74 Å². The van der Waals surface area contributed by atoms with Gasteiger partial charge in [-0.1, -0.05) is 11.6 Å². The van der Waals surface area contributed by atoms with E-state index >= 15 is 0 Å². The Hall–Kier alpha value is -0.800. The molecule has 1 N–H and O–H groups in total. The molecule has 0 saturated heterocycles. The average Bonchev–Trinajstić information content (AvgIpc) is 2.92. The maximum Gasteiger partial charge on any atom is 0.141 e. The number of anilines is 1. The predicted octanol–water partition coefficient (Wildman–Crippen LogP) is 3.42. The van der Waals surface area contributed by atoms with Crippen LogP contribution in [-0.4, -0.2) is 12.3 Å². The number of halogens is 2. The van der Waals surface area contributed by atoms with Gasteiger partial charge < -0.3 is 10.1 Å². The molecule has 1 aromatic carbocycles. The topological polar surface area (TPSA) is 21.3 Å². The van der Waals surface area contributed by atoms with Gasteiger partial charge in [-0.15, -0.1) is 0 Å². The van der Waals surface area contributed by atoms with Crippen molar-refractivity contribution in [3.63, 3.8) is 0 Å². The van der Waals surface area contributed by atoms with Crippen molar-refractivity contribution in [1.29, 1.82) is 0 Å². The van der Waals surface area contributed by atoms with Crippen LogP contribution < -0.4 is 5.32 Å². The van der Waals surface area contributed by atoms with Gasteiger partial charge in [-0.3, -0.25) is 0 Å². The van der Waals surface area contributed by atoms with E-state index in [1.807, 2.05) is 6.92 Å². The summed E-state index contributed by atoms with van der Waals surface area (Å²) in [7, 11) is 0. The van der Waals surface area contributed by atoms with Crippen molar-refractivity contribution in [1.82, 2.24) is 0 Å². The van der Waals surface area contributed by atoms with E-state index in [1.165, 1.54) is 6.07 Å². The highest BCUT2D eigenvalue weighted by atomic mass is 35.5.